The van der Waals surface area contributed by atoms with E-state index in [-0.39, 0.29) is 19.1 Å². The van der Waals surface area contributed by atoms with E-state index in [4.69, 9.17) is 9.47 Å². The van der Waals surface area contributed by atoms with Crippen molar-refractivity contribution in [3.63, 3.8) is 0 Å². The topological polar surface area (TPSA) is 64.6 Å². The van der Waals surface area contributed by atoms with Gasteiger partial charge in [-0.25, -0.2) is 4.79 Å². The summed E-state index contributed by atoms with van der Waals surface area (Å²) in [6, 6.07) is 0. The Morgan fingerprint density at radius 2 is 1.32 bits per heavy atom. The van der Waals surface area contributed by atoms with Crippen molar-refractivity contribution in [1.82, 2.24) is 5.32 Å². The van der Waals surface area contributed by atoms with Crippen LogP contribution in [-0.4, -0.2) is 31.8 Å². The number of hydrogen-bond donors (Lipinski definition) is 1. The summed E-state index contributed by atoms with van der Waals surface area (Å²) in [6.45, 7) is 6.43. The molecule has 0 saturated heterocycles. The lowest BCUT2D eigenvalue weighted by atomic mass is 10.2. The molecule has 0 aliphatic heterocycles. The smallest absolute Gasteiger partial charge is 0.434 e. The van der Waals surface area contributed by atoms with Crippen LogP contribution in [0.4, 0.5) is 4.79 Å². The van der Waals surface area contributed by atoms with Crippen LogP contribution in [0.5, 0.6) is 0 Å². The highest BCUT2D eigenvalue weighted by molar-refractivity contribution is 5.75. The third-order valence-corrected chi connectivity index (χ3v) is 4.24. The standard InChI is InChI=1S/C26H42NO4/c1-3-5-6-7-8-9-10-11-12-13-14-15-16-17-18-19-20-21-25(28)27-22-24-31-26(29)30-23-4-2/h8-9,11-12,14-15,17-18H,2-7,10,13,16,19-24H2,1H3,(H,27,28)/b9-8-,12-11-,15-14-,18-17-. The van der Waals surface area contributed by atoms with Crippen LogP contribution in [-0.2, 0) is 14.3 Å². The van der Waals surface area contributed by atoms with E-state index in [0.29, 0.717) is 19.4 Å². The van der Waals surface area contributed by atoms with Gasteiger partial charge in [0.05, 0.1) is 13.2 Å². The Kier molecular flexibility index (Phi) is 22.2. The van der Waals surface area contributed by atoms with Crippen LogP contribution in [0, 0.1) is 6.92 Å². The van der Waals surface area contributed by atoms with E-state index in [0.717, 1.165) is 32.1 Å². The minimum absolute atomic E-state index is 0.0365. The van der Waals surface area contributed by atoms with E-state index >= 15 is 0 Å². The quantitative estimate of drug-likeness (QED) is 0.141. The first-order valence-corrected chi connectivity index (χ1v) is 11.7. The summed E-state index contributed by atoms with van der Waals surface area (Å²) in [5.41, 5.74) is 0. The first kappa shape index (κ1) is 28.7. The fourth-order valence-electron chi connectivity index (χ4n) is 2.55. The maximum atomic E-state index is 11.7. The monoisotopic (exact) mass is 432 g/mol. The fourth-order valence-corrected chi connectivity index (χ4v) is 2.55. The highest BCUT2D eigenvalue weighted by atomic mass is 16.7. The van der Waals surface area contributed by atoms with E-state index in [2.05, 4.69) is 67.8 Å². The van der Waals surface area contributed by atoms with E-state index < -0.39 is 6.16 Å². The lowest BCUT2D eigenvalue weighted by molar-refractivity contribution is -0.121. The van der Waals surface area contributed by atoms with Crippen molar-refractivity contribution in [3.8, 4) is 0 Å². The molecule has 0 aromatic heterocycles. The molecule has 0 saturated carbocycles. The first-order valence-electron chi connectivity index (χ1n) is 11.7. The number of carbonyl (C=O) groups is 2. The van der Waals surface area contributed by atoms with Gasteiger partial charge in [-0.15, -0.1) is 0 Å². The average Bonchev–Trinajstić information content (AvgIpc) is 2.77. The van der Waals surface area contributed by atoms with Gasteiger partial charge in [-0.05, 0) is 58.3 Å². The molecule has 0 atom stereocenters. The Bertz CT molecular complexity index is 550. The third-order valence-electron chi connectivity index (χ3n) is 4.24. The molecule has 5 nitrogen and oxygen atoms in total. The molecule has 0 spiro atoms. The number of ether oxygens (including phenoxy) is 2. The second kappa shape index (κ2) is 24.0. The van der Waals surface area contributed by atoms with E-state index in [1.54, 1.807) is 0 Å². The van der Waals surface area contributed by atoms with Crippen LogP contribution in [0.15, 0.2) is 48.6 Å². The molecule has 0 aliphatic carbocycles. The number of nitrogens with one attached hydrogen (secondary N) is 1. The number of unbranched alkanes of at least 4 members (excludes halogenated alkanes) is 4. The SMILES string of the molecule is [CH2]CCOC(=O)OCCNC(=O)CCC/C=C\C/C=C\C/C=C\C/C=C\CCCCC. The Balaban J connectivity index is 3.50. The zero-order valence-corrected chi connectivity index (χ0v) is 19.4. The average molecular weight is 433 g/mol. The number of allylic oxidation sites excluding steroid dienone is 8. The van der Waals surface area contributed by atoms with Crippen LogP contribution in [0.25, 0.3) is 0 Å². The maximum absolute atomic E-state index is 11.7. The van der Waals surface area contributed by atoms with Gasteiger partial charge in [0, 0.05) is 6.42 Å². The van der Waals surface area contributed by atoms with Gasteiger partial charge in [-0.2, -0.15) is 0 Å². The summed E-state index contributed by atoms with van der Waals surface area (Å²) in [5, 5.41) is 2.72. The van der Waals surface area contributed by atoms with Gasteiger partial charge < -0.3 is 14.8 Å². The minimum Gasteiger partial charge on any atom is -0.434 e. The van der Waals surface area contributed by atoms with Gasteiger partial charge in [0.25, 0.3) is 0 Å². The molecule has 0 unspecified atom stereocenters. The number of carbonyl (C=O) groups excluding carboxylic acids is 2. The molecule has 5 heteroatoms. The number of hydrogen-bond acceptors (Lipinski definition) is 4. The molecular weight excluding hydrogens is 390 g/mol. The lowest BCUT2D eigenvalue weighted by Crippen LogP contribution is -2.27. The zero-order valence-electron chi connectivity index (χ0n) is 19.4. The van der Waals surface area contributed by atoms with Gasteiger partial charge in [-0.3, -0.25) is 4.79 Å². The molecular formula is C26H42NO4. The minimum atomic E-state index is -0.724. The summed E-state index contributed by atoms with van der Waals surface area (Å²) in [4.78, 5) is 22.8. The molecule has 0 aromatic carbocycles. The van der Waals surface area contributed by atoms with Crippen molar-refractivity contribution in [2.45, 2.75) is 77.6 Å². The molecule has 1 N–H and O–H groups in total. The van der Waals surface area contributed by atoms with Gasteiger partial charge in [0.2, 0.25) is 5.91 Å². The second-order valence-corrected chi connectivity index (χ2v) is 7.13. The molecule has 0 bridgehead atoms. The van der Waals surface area contributed by atoms with Crippen LogP contribution in [0.3, 0.4) is 0 Å². The van der Waals surface area contributed by atoms with Crippen LogP contribution in [0.2, 0.25) is 0 Å². The van der Waals surface area contributed by atoms with Crippen LogP contribution < -0.4 is 5.32 Å². The molecule has 0 heterocycles. The number of rotatable bonds is 19. The van der Waals surface area contributed by atoms with Crippen LogP contribution in [0.1, 0.15) is 77.6 Å². The Hall–Kier alpha value is -2.30. The summed E-state index contributed by atoms with van der Waals surface area (Å²) in [7, 11) is 0. The molecule has 0 rings (SSSR count). The zero-order chi connectivity index (χ0) is 22.8. The summed E-state index contributed by atoms with van der Waals surface area (Å²) >= 11 is 0. The first-order chi connectivity index (χ1) is 15.2. The molecule has 1 radical (unpaired) electrons. The Morgan fingerprint density at radius 3 is 1.90 bits per heavy atom. The Labute approximate surface area is 189 Å². The summed E-state index contributed by atoms with van der Waals surface area (Å²) < 4.78 is 9.52. The highest BCUT2D eigenvalue weighted by Gasteiger charge is 2.03. The van der Waals surface area contributed by atoms with Gasteiger partial charge in [0.1, 0.15) is 6.61 Å². The molecule has 0 fully saturated rings. The van der Waals surface area contributed by atoms with Crippen molar-refractivity contribution in [3.05, 3.63) is 55.5 Å². The molecule has 31 heavy (non-hydrogen) atoms. The van der Waals surface area contributed by atoms with Crippen molar-refractivity contribution in [2.75, 3.05) is 19.8 Å². The molecule has 0 aromatic rings. The van der Waals surface area contributed by atoms with E-state index in [9.17, 15) is 9.59 Å². The predicted molar refractivity (Wildman–Crippen MR) is 129 cm³/mol. The maximum Gasteiger partial charge on any atom is 0.508 e. The molecule has 0 aliphatic rings. The fraction of sp³-hybridized carbons (Fsp3) is 0.577. The van der Waals surface area contributed by atoms with Crippen molar-refractivity contribution in [1.29, 1.82) is 0 Å². The van der Waals surface area contributed by atoms with E-state index in [1.165, 1.54) is 25.7 Å². The molecule has 175 valence electrons. The van der Waals surface area contributed by atoms with Crippen molar-refractivity contribution >= 4 is 12.1 Å². The largest absolute Gasteiger partial charge is 0.508 e. The van der Waals surface area contributed by atoms with Crippen molar-refractivity contribution < 1.29 is 19.1 Å². The summed E-state index contributed by atoms with van der Waals surface area (Å²) in [5.74, 6) is -0.0365. The lowest BCUT2D eigenvalue weighted by Gasteiger charge is -2.06. The molecule has 1 amide bonds. The number of amides is 1. The normalized spacial score (nSPS) is 11.8. The van der Waals surface area contributed by atoms with E-state index in [1.807, 2.05) is 0 Å². The second-order valence-electron chi connectivity index (χ2n) is 7.13. The van der Waals surface area contributed by atoms with Gasteiger partial charge in [-0.1, -0.05) is 68.4 Å². The van der Waals surface area contributed by atoms with Gasteiger partial charge >= 0.3 is 6.16 Å². The third kappa shape index (κ3) is 23.8. The Morgan fingerprint density at radius 1 is 0.774 bits per heavy atom. The van der Waals surface area contributed by atoms with Crippen molar-refractivity contribution in [2.24, 2.45) is 0 Å². The predicted octanol–water partition coefficient (Wildman–Crippen LogP) is 6.63. The van der Waals surface area contributed by atoms with Gasteiger partial charge in [0.15, 0.2) is 0 Å². The summed E-state index contributed by atoms with van der Waals surface area (Å²) in [6.07, 6.45) is 27.4. The highest BCUT2D eigenvalue weighted by Crippen LogP contribution is 2.01. The van der Waals surface area contributed by atoms with Crippen LogP contribution >= 0.6 is 0 Å².